The van der Waals surface area contributed by atoms with Crippen molar-refractivity contribution in [2.24, 2.45) is 5.92 Å². The normalized spacial score (nSPS) is 21.8. The summed E-state index contributed by atoms with van der Waals surface area (Å²) in [6.45, 7) is 0.436. The van der Waals surface area contributed by atoms with Gasteiger partial charge < -0.3 is 9.47 Å². The van der Waals surface area contributed by atoms with E-state index in [0.29, 0.717) is 6.61 Å². The zero-order chi connectivity index (χ0) is 15.2. The van der Waals surface area contributed by atoms with E-state index in [1.165, 1.54) is 19.2 Å². The van der Waals surface area contributed by atoms with Crippen LogP contribution < -0.4 is 0 Å². The van der Waals surface area contributed by atoms with Crippen LogP contribution in [0.5, 0.6) is 0 Å². The Morgan fingerprint density at radius 3 is 2.38 bits per heavy atom. The summed E-state index contributed by atoms with van der Waals surface area (Å²) in [6.07, 6.45) is 3.40. The fourth-order valence-corrected chi connectivity index (χ4v) is 2.56. The van der Waals surface area contributed by atoms with Crippen LogP contribution in [0.25, 0.3) is 0 Å². The lowest BCUT2D eigenvalue weighted by Gasteiger charge is -2.27. The average Bonchev–Trinajstić information content (AvgIpc) is 2.53. The zero-order valence-corrected chi connectivity index (χ0v) is 12.0. The minimum Gasteiger partial charge on any atom is -0.469 e. The first kappa shape index (κ1) is 15.4. The maximum Gasteiger partial charge on any atom is 0.308 e. The van der Waals surface area contributed by atoms with Crippen LogP contribution in [0.15, 0.2) is 24.3 Å². The second kappa shape index (κ2) is 7.17. The number of rotatable bonds is 5. The molecule has 0 aliphatic heterocycles. The molecule has 0 amide bonds. The molecule has 6 nitrogen and oxygen atoms in total. The Morgan fingerprint density at radius 1 is 1.24 bits per heavy atom. The molecule has 1 fully saturated rings. The fourth-order valence-electron chi connectivity index (χ4n) is 2.56. The van der Waals surface area contributed by atoms with Crippen molar-refractivity contribution in [1.82, 2.24) is 0 Å². The molecule has 0 saturated heterocycles. The summed E-state index contributed by atoms with van der Waals surface area (Å²) < 4.78 is 10.6. The van der Waals surface area contributed by atoms with Crippen molar-refractivity contribution >= 4 is 11.7 Å². The summed E-state index contributed by atoms with van der Waals surface area (Å²) in [4.78, 5) is 21.6. The van der Waals surface area contributed by atoms with Gasteiger partial charge in [0.25, 0.3) is 5.69 Å². The second-order valence-electron chi connectivity index (χ2n) is 5.23. The molecule has 0 heterocycles. The Morgan fingerprint density at radius 2 is 1.86 bits per heavy atom. The molecular formula is C15H19NO5. The van der Waals surface area contributed by atoms with Crippen LogP contribution in [0.1, 0.15) is 31.2 Å². The van der Waals surface area contributed by atoms with Gasteiger partial charge in [-0.2, -0.15) is 0 Å². The average molecular weight is 293 g/mol. The van der Waals surface area contributed by atoms with Crippen molar-refractivity contribution in [2.75, 3.05) is 7.11 Å². The van der Waals surface area contributed by atoms with Crippen LogP contribution in [0.3, 0.4) is 0 Å². The van der Waals surface area contributed by atoms with E-state index in [1.54, 1.807) is 12.1 Å². The van der Waals surface area contributed by atoms with Crippen molar-refractivity contribution in [3.8, 4) is 0 Å². The topological polar surface area (TPSA) is 78.7 Å². The van der Waals surface area contributed by atoms with Crippen LogP contribution in [0, 0.1) is 16.0 Å². The molecule has 1 aliphatic carbocycles. The van der Waals surface area contributed by atoms with E-state index >= 15 is 0 Å². The molecule has 1 saturated carbocycles. The Balaban J connectivity index is 1.77. The molecule has 0 radical (unpaired) electrons. The van der Waals surface area contributed by atoms with Gasteiger partial charge in [0.2, 0.25) is 0 Å². The Hall–Kier alpha value is -1.95. The second-order valence-corrected chi connectivity index (χ2v) is 5.23. The molecule has 6 heteroatoms. The third kappa shape index (κ3) is 4.26. The fraction of sp³-hybridized carbons (Fsp3) is 0.533. The highest BCUT2D eigenvalue weighted by Crippen LogP contribution is 2.27. The number of hydrogen-bond donors (Lipinski definition) is 0. The van der Waals surface area contributed by atoms with Gasteiger partial charge in [-0.1, -0.05) is 0 Å². The first-order chi connectivity index (χ1) is 10.1. The Labute approximate surface area is 123 Å². The van der Waals surface area contributed by atoms with Crippen LogP contribution in [0.2, 0.25) is 0 Å². The van der Waals surface area contributed by atoms with Gasteiger partial charge in [-0.05, 0) is 43.4 Å². The van der Waals surface area contributed by atoms with E-state index in [4.69, 9.17) is 9.47 Å². The minimum atomic E-state index is -0.418. The van der Waals surface area contributed by atoms with E-state index in [0.717, 1.165) is 31.2 Å². The molecule has 0 N–H and O–H groups in total. The zero-order valence-electron chi connectivity index (χ0n) is 12.0. The molecule has 0 spiro atoms. The first-order valence-electron chi connectivity index (χ1n) is 7.03. The molecule has 1 aromatic rings. The number of hydrogen-bond acceptors (Lipinski definition) is 5. The van der Waals surface area contributed by atoms with E-state index < -0.39 is 4.92 Å². The molecule has 1 aliphatic rings. The van der Waals surface area contributed by atoms with Gasteiger partial charge in [0.05, 0.1) is 30.7 Å². The highest BCUT2D eigenvalue weighted by Gasteiger charge is 2.27. The summed E-state index contributed by atoms with van der Waals surface area (Å²) in [7, 11) is 1.42. The van der Waals surface area contributed by atoms with Crippen molar-refractivity contribution < 1.29 is 19.2 Å². The van der Waals surface area contributed by atoms with E-state index in [2.05, 4.69) is 0 Å². The van der Waals surface area contributed by atoms with Gasteiger partial charge in [0, 0.05) is 12.1 Å². The van der Waals surface area contributed by atoms with Crippen molar-refractivity contribution in [3.63, 3.8) is 0 Å². The predicted octanol–water partition coefficient (Wildman–Crippen LogP) is 2.84. The Kier molecular flexibility index (Phi) is 5.27. The van der Waals surface area contributed by atoms with Crippen molar-refractivity contribution in [1.29, 1.82) is 0 Å². The third-order valence-electron chi connectivity index (χ3n) is 3.84. The van der Waals surface area contributed by atoms with E-state index in [-0.39, 0.29) is 23.7 Å². The summed E-state index contributed by atoms with van der Waals surface area (Å²) in [5.41, 5.74) is 0.994. The summed E-state index contributed by atoms with van der Waals surface area (Å²) >= 11 is 0. The van der Waals surface area contributed by atoms with Crippen molar-refractivity contribution in [2.45, 2.75) is 38.4 Å². The number of esters is 1. The van der Waals surface area contributed by atoms with Gasteiger partial charge >= 0.3 is 5.97 Å². The number of carbonyl (C=O) groups excluding carboxylic acids is 1. The predicted molar refractivity (Wildman–Crippen MR) is 75.6 cm³/mol. The lowest BCUT2D eigenvalue weighted by molar-refractivity contribution is -0.384. The smallest absolute Gasteiger partial charge is 0.308 e. The Bertz CT molecular complexity index is 491. The standard InChI is InChI=1S/C15H19NO5/c1-20-15(17)12-4-8-14(9-5-12)21-10-11-2-6-13(7-3-11)16(18)19/h2-3,6-7,12,14H,4-5,8-10H2,1H3. The van der Waals surface area contributed by atoms with Gasteiger partial charge in [-0.25, -0.2) is 0 Å². The monoisotopic (exact) mass is 293 g/mol. The van der Waals surface area contributed by atoms with Gasteiger partial charge in [-0.15, -0.1) is 0 Å². The molecule has 0 atom stereocenters. The van der Waals surface area contributed by atoms with Gasteiger partial charge in [0.15, 0.2) is 0 Å². The van der Waals surface area contributed by atoms with E-state index in [9.17, 15) is 14.9 Å². The van der Waals surface area contributed by atoms with Crippen molar-refractivity contribution in [3.05, 3.63) is 39.9 Å². The maximum atomic E-state index is 11.4. The number of non-ortho nitro benzene ring substituents is 1. The van der Waals surface area contributed by atoms with Crippen LogP contribution in [-0.4, -0.2) is 24.1 Å². The minimum absolute atomic E-state index is 0.00535. The number of ether oxygens (including phenoxy) is 2. The molecule has 1 aromatic carbocycles. The first-order valence-corrected chi connectivity index (χ1v) is 7.03. The SMILES string of the molecule is COC(=O)C1CCC(OCc2ccc([N+](=O)[O-])cc2)CC1. The third-order valence-corrected chi connectivity index (χ3v) is 3.84. The lowest BCUT2D eigenvalue weighted by Crippen LogP contribution is -2.26. The largest absolute Gasteiger partial charge is 0.469 e. The number of nitro groups is 1. The number of methoxy groups -OCH3 is 1. The number of benzene rings is 1. The van der Waals surface area contributed by atoms with Crippen LogP contribution >= 0.6 is 0 Å². The lowest BCUT2D eigenvalue weighted by atomic mass is 9.87. The number of nitrogens with zero attached hydrogens (tertiary/aromatic N) is 1. The van der Waals surface area contributed by atoms with Gasteiger partial charge in [-0.3, -0.25) is 14.9 Å². The van der Waals surface area contributed by atoms with Crippen LogP contribution in [-0.2, 0) is 20.9 Å². The number of nitro benzene ring substituents is 1. The molecular weight excluding hydrogens is 274 g/mol. The molecule has 0 aromatic heterocycles. The molecule has 2 rings (SSSR count). The van der Waals surface area contributed by atoms with Gasteiger partial charge in [0.1, 0.15) is 0 Å². The maximum absolute atomic E-state index is 11.4. The summed E-state index contributed by atoms with van der Waals surface area (Å²) in [5.74, 6) is -0.141. The van der Waals surface area contributed by atoms with Crippen LogP contribution in [0.4, 0.5) is 5.69 Å². The molecule has 21 heavy (non-hydrogen) atoms. The summed E-state index contributed by atoms with van der Waals surface area (Å²) in [6, 6.07) is 6.37. The molecule has 0 bridgehead atoms. The summed E-state index contributed by atoms with van der Waals surface area (Å²) in [5, 5.41) is 10.6. The number of carbonyl (C=O) groups is 1. The highest BCUT2D eigenvalue weighted by atomic mass is 16.6. The highest BCUT2D eigenvalue weighted by molar-refractivity contribution is 5.72. The molecule has 114 valence electrons. The van der Waals surface area contributed by atoms with E-state index in [1.807, 2.05) is 0 Å². The quantitative estimate of drug-likeness (QED) is 0.474. The molecule has 0 unspecified atom stereocenters.